The van der Waals surface area contributed by atoms with Crippen LogP contribution >= 0.6 is 27.5 Å². The van der Waals surface area contributed by atoms with Gasteiger partial charge in [-0.2, -0.15) is 4.37 Å². The van der Waals surface area contributed by atoms with E-state index in [1.165, 1.54) is 14.2 Å². The Labute approximate surface area is 183 Å². The fourth-order valence-corrected chi connectivity index (χ4v) is 5.31. The number of aromatic nitrogens is 2. The zero-order chi connectivity index (χ0) is 22.1. The molecule has 3 rings (SSSR count). The Morgan fingerprint density at radius 3 is 2.57 bits per heavy atom. The molecule has 0 saturated carbocycles. The SMILES string of the molecule is COc1ccc(CN(c2ncns2)S(=O)(=O)c2c(F)cc(N)c(Br)c2F)c(OC)c1. The van der Waals surface area contributed by atoms with Crippen LogP contribution in [-0.4, -0.2) is 32.0 Å². The second-order valence-corrected chi connectivity index (χ2v) is 9.17. The number of nitrogens with two attached hydrogens (primary N) is 1. The number of ether oxygens (including phenoxy) is 2. The molecule has 0 atom stereocenters. The van der Waals surface area contributed by atoms with Crippen LogP contribution in [0.5, 0.6) is 11.5 Å². The maximum absolute atomic E-state index is 14.8. The number of halogens is 3. The monoisotopic (exact) mass is 520 g/mol. The van der Waals surface area contributed by atoms with Crippen molar-refractivity contribution < 1.29 is 26.7 Å². The van der Waals surface area contributed by atoms with Crippen molar-refractivity contribution in [3.63, 3.8) is 0 Å². The van der Waals surface area contributed by atoms with Crippen LogP contribution in [0.4, 0.5) is 19.6 Å². The van der Waals surface area contributed by atoms with E-state index >= 15 is 0 Å². The first-order valence-corrected chi connectivity index (χ1v) is 11.1. The average molecular weight is 521 g/mol. The first kappa shape index (κ1) is 22.2. The molecule has 2 aromatic carbocycles. The van der Waals surface area contributed by atoms with Gasteiger partial charge in [0.15, 0.2) is 10.7 Å². The van der Waals surface area contributed by atoms with Crippen LogP contribution in [0.1, 0.15) is 5.56 Å². The maximum atomic E-state index is 14.8. The van der Waals surface area contributed by atoms with Crippen molar-refractivity contribution in [2.75, 3.05) is 24.3 Å². The van der Waals surface area contributed by atoms with Gasteiger partial charge in [0.1, 0.15) is 23.6 Å². The first-order chi connectivity index (χ1) is 14.2. The Balaban J connectivity index is 2.16. The second-order valence-electron chi connectivity index (χ2n) is 5.82. The minimum Gasteiger partial charge on any atom is -0.497 e. The lowest BCUT2D eigenvalue weighted by molar-refractivity contribution is 0.391. The number of nitrogens with zero attached hydrogens (tertiary/aromatic N) is 3. The molecule has 3 aromatic rings. The molecule has 13 heteroatoms. The van der Waals surface area contributed by atoms with Crippen LogP contribution in [0.2, 0.25) is 0 Å². The maximum Gasteiger partial charge on any atom is 0.272 e. The number of hydrogen-bond donors (Lipinski definition) is 1. The van der Waals surface area contributed by atoms with Gasteiger partial charge >= 0.3 is 0 Å². The van der Waals surface area contributed by atoms with Gasteiger partial charge < -0.3 is 15.2 Å². The fraction of sp³-hybridized carbons (Fsp3) is 0.176. The summed E-state index contributed by atoms with van der Waals surface area (Å²) in [5.74, 6) is -1.87. The van der Waals surface area contributed by atoms with E-state index < -0.39 is 26.6 Å². The summed E-state index contributed by atoms with van der Waals surface area (Å²) in [4.78, 5) is 2.74. The van der Waals surface area contributed by atoms with Gasteiger partial charge in [0.25, 0.3) is 10.0 Å². The first-order valence-electron chi connectivity index (χ1n) is 8.14. The largest absolute Gasteiger partial charge is 0.497 e. The summed E-state index contributed by atoms with van der Waals surface area (Å²) in [6.07, 6.45) is 1.14. The number of benzene rings is 2. The van der Waals surface area contributed by atoms with Crippen LogP contribution in [0.15, 0.2) is 40.0 Å². The lowest BCUT2D eigenvalue weighted by Crippen LogP contribution is -2.32. The molecule has 160 valence electrons. The van der Waals surface area contributed by atoms with Gasteiger partial charge in [0.2, 0.25) is 5.13 Å². The van der Waals surface area contributed by atoms with Crippen LogP contribution in [-0.2, 0) is 16.6 Å². The molecule has 0 amide bonds. The predicted octanol–water partition coefficient (Wildman–Crippen LogP) is 3.57. The van der Waals surface area contributed by atoms with Gasteiger partial charge in [-0.25, -0.2) is 26.5 Å². The van der Waals surface area contributed by atoms with E-state index in [1.54, 1.807) is 18.2 Å². The predicted molar refractivity (Wildman–Crippen MR) is 111 cm³/mol. The molecule has 8 nitrogen and oxygen atoms in total. The number of hydrogen-bond acceptors (Lipinski definition) is 8. The summed E-state index contributed by atoms with van der Waals surface area (Å²) in [5, 5.41) is -0.0837. The molecule has 0 spiro atoms. The molecular weight excluding hydrogens is 506 g/mol. The molecular formula is C17H15BrF2N4O4S2. The molecule has 1 heterocycles. The van der Waals surface area contributed by atoms with E-state index in [9.17, 15) is 17.2 Å². The molecule has 30 heavy (non-hydrogen) atoms. The molecule has 0 radical (unpaired) electrons. The lowest BCUT2D eigenvalue weighted by Gasteiger charge is -2.23. The summed E-state index contributed by atoms with van der Waals surface area (Å²) >= 11 is 3.60. The number of nitrogen functional groups attached to an aromatic ring is 1. The molecule has 0 bridgehead atoms. The number of sulfonamides is 1. The summed E-state index contributed by atoms with van der Waals surface area (Å²) in [5.41, 5.74) is 5.64. The van der Waals surface area contributed by atoms with Crippen LogP contribution in [0.3, 0.4) is 0 Å². The van der Waals surface area contributed by atoms with Gasteiger partial charge in [-0.15, -0.1) is 0 Å². The zero-order valence-electron chi connectivity index (χ0n) is 15.6. The van der Waals surface area contributed by atoms with E-state index in [2.05, 4.69) is 25.3 Å². The van der Waals surface area contributed by atoms with E-state index in [4.69, 9.17) is 15.2 Å². The average Bonchev–Trinajstić information content (AvgIpc) is 3.24. The quantitative estimate of drug-likeness (QED) is 0.374. The summed E-state index contributed by atoms with van der Waals surface area (Å²) < 4.78 is 70.6. The third kappa shape index (κ3) is 4.04. The van der Waals surface area contributed by atoms with E-state index in [1.807, 2.05) is 0 Å². The van der Waals surface area contributed by atoms with Gasteiger partial charge in [-0.05, 0) is 34.1 Å². The Kier molecular flexibility index (Phi) is 6.43. The normalized spacial score (nSPS) is 11.4. The van der Waals surface area contributed by atoms with Gasteiger partial charge in [0.05, 0.1) is 30.9 Å². The highest BCUT2D eigenvalue weighted by molar-refractivity contribution is 9.10. The van der Waals surface area contributed by atoms with Crippen molar-refractivity contribution in [3.8, 4) is 11.5 Å². The Bertz CT molecular complexity index is 1180. The fourth-order valence-electron chi connectivity index (χ4n) is 2.61. The summed E-state index contributed by atoms with van der Waals surface area (Å²) in [6, 6.07) is 5.46. The van der Waals surface area contributed by atoms with Crippen LogP contribution < -0.4 is 19.5 Å². The Morgan fingerprint density at radius 1 is 1.23 bits per heavy atom. The van der Waals surface area contributed by atoms with Gasteiger partial charge in [-0.1, -0.05) is 0 Å². The van der Waals surface area contributed by atoms with Crippen molar-refractivity contribution in [1.29, 1.82) is 0 Å². The van der Waals surface area contributed by atoms with E-state index in [0.717, 1.165) is 28.2 Å². The van der Waals surface area contributed by atoms with Gasteiger partial charge in [-0.3, -0.25) is 0 Å². The van der Waals surface area contributed by atoms with E-state index in [0.29, 0.717) is 17.1 Å². The molecule has 1 aromatic heterocycles. The molecule has 0 aliphatic rings. The minimum absolute atomic E-state index is 0.0837. The third-order valence-electron chi connectivity index (χ3n) is 4.06. The smallest absolute Gasteiger partial charge is 0.272 e. The summed E-state index contributed by atoms with van der Waals surface area (Å²) in [6.45, 7) is -0.328. The number of anilines is 2. The highest BCUT2D eigenvalue weighted by atomic mass is 79.9. The van der Waals surface area contributed by atoms with Crippen molar-refractivity contribution in [3.05, 3.63) is 52.3 Å². The molecule has 0 unspecified atom stereocenters. The van der Waals surface area contributed by atoms with Gasteiger partial charge in [0, 0.05) is 23.2 Å². The lowest BCUT2D eigenvalue weighted by atomic mass is 10.2. The zero-order valence-corrected chi connectivity index (χ0v) is 18.8. The third-order valence-corrected chi connectivity index (χ3v) is 7.45. The van der Waals surface area contributed by atoms with Crippen molar-refractivity contribution in [2.45, 2.75) is 11.4 Å². The molecule has 2 N–H and O–H groups in total. The topological polar surface area (TPSA) is 108 Å². The van der Waals surface area contributed by atoms with Crippen molar-refractivity contribution in [2.24, 2.45) is 0 Å². The highest BCUT2D eigenvalue weighted by Gasteiger charge is 2.35. The molecule has 0 aliphatic carbocycles. The van der Waals surface area contributed by atoms with Crippen molar-refractivity contribution >= 4 is 48.3 Å². The van der Waals surface area contributed by atoms with Crippen LogP contribution in [0.25, 0.3) is 0 Å². The minimum atomic E-state index is -4.74. The molecule has 0 fully saturated rings. The second kappa shape index (κ2) is 8.70. The number of methoxy groups -OCH3 is 2. The molecule has 0 saturated heterocycles. The summed E-state index contributed by atoms with van der Waals surface area (Å²) in [7, 11) is -1.87. The van der Waals surface area contributed by atoms with Crippen molar-refractivity contribution in [1.82, 2.24) is 9.36 Å². The molecule has 0 aliphatic heterocycles. The Hall–Kier alpha value is -2.51. The number of rotatable bonds is 7. The highest BCUT2D eigenvalue weighted by Crippen LogP contribution is 2.36. The Morgan fingerprint density at radius 2 is 1.97 bits per heavy atom. The van der Waals surface area contributed by atoms with Crippen LogP contribution in [0, 0.1) is 11.6 Å². The standard InChI is InChI=1S/C17H15BrF2N4O4S2/c1-27-10-4-3-9(13(5-10)28-2)7-24(17-22-8-23-29-17)30(25,26)16-11(19)6-12(21)14(18)15(16)20/h3-6,8H,7,21H2,1-2H3. The van der Waals surface area contributed by atoms with E-state index in [-0.39, 0.29) is 21.8 Å².